The molecule has 0 saturated heterocycles. The van der Waals surface area contributed by atoms with Crippen LogP contribution in [-0.2, 0) is 17.8 Å². The van der Waals surface area contributed by atoms with Gasteiger partial charge in [-0.2, -0.15) is 0 Å². The van der Waals surface area contributed by atoms with Gasteiger partial charge in [0.05, 0.1) is 11.4 Å². The second-order valence-corrected chi connectivity index (χ2v) is 7.36. The first-order chi connectivity index (χ1) is 11.4. The number of aryl methyl sites for hydroxylation is 2. The van der Waals surface area contributed by atoms with Crippen LogP contribution in [0.15, 0.2) is 29.4 Å². The van der Waals surface area contributed by atoms with E-state index < -0.39 is 0 Å². The van der Waals surface area contributed by atoms with Gasteiger partial charge in [-0.05, 0) is 37.8 Å². The van der Waals surface area contributed by atoms with E-state index in [-0.39, 0.29) is 5.91 Å². The fourth-order valence-electron chi connectivity index (χ4n) is 2.58. The highest BCUT2D eigenvalue weighted by Gasteiger charge is 2.14. The molecule has 0 aliphatic heterocycles. The second kappa shape index (κ2) is 8.38. The first-order valence-corrected chi connectivity index (χ1v) is 9.45. The number of thioether (sulfide) groups is 1. The SMILES string of the molecule is CCc1ccccc1NC(=O)CSc1nc(C)c(C)n1CC(C)C. The van der Waals surface area contributed by atoms with Crippen LogP contribution in [0, 0.1) is 19.8 Å². The lowest BCUT2D eigenvalue weighted by atomic mass is 10.1. The van der Waals surface area contributed by atoms with Crippen LogP contribution in [0.1, 0.15) is 37.7 Å². The Bertz CT molecular complexity index is 707. The van der Waals surface area contributed by atoms with Gasteiger partial charge in [0.2, 0.25) is 5.91 Å². The average Bonchev–Trinajstić information content (AvgIpc) is 2.81. The summed E-state index contributed by atoms with van der Waals surface area (Å²) in [6.07, 6.45) is 0.904. The number of para-hydroxylation sites is 1. The number of carbonyl (C=O) groups is 1. The number of hydrogen-bond acceptors (Lipinski definition) is 3. The topological polar surface area (TPSA) is 46.9 Å². The van der Waals surface area contributed by atoms with Crippen LogP contribution in [0.3, 0.4) is 0 Å². The monoisotopic (exact) mass is 345 g/mol. The lowest BCUT2D eigenvalue weighted by Crippen LogP contribution is -2.16. The zero-order valence-corrected chi connectivity index (χ0v) is 16.0. The fourth-order valence-corrected chi connectivity index (χ4v) is 3.48. The van der Waals surface area contributed by atoms with E-state index in [1.165, 1.54) is 17.5 Å². The van der Waals surface area contributed by atoms with Crippen molar-refractivity contribution in [1.29, 1.82) is 0 Å². The molecule has 0 unspecified atom stereocenters. The van der Waals surface area contributed by atoms with Crippen LogP contribution in [0.5, 0.6) is 0 Å². The van der Waals surface area contributed by atoms with Crippen LogP contribution < -0.4 is 5.32 Å². The van der Waals surface area contributed by atoms with E-state index in [1.54, 1.807) is 0 Å². The van der Waals surface area contributed by atoms with Crippen molar-refractivity contribution in [2.24, 2.45) is 5.92 Å². The number of anilines is 1. The first-order valence-electron chi connectivity index (χ1n) is 8.46. The summed E-state index contributed by atoms with van der Waals surface area (Å²) in [6.45, 7) is 11.5. The number of nitrogens with one attached hydrogen (secondary N) is 1. The maximum Gasteiger partial charge on any atom is 0.234 e. The predicted molar refractivity (Wildman–Crippen MR) is 102 cm³/mol. The molecule has 1 aromatic carbocycles. The van der Waals surface area contributed by atoms with Gasteiger partial charge in [-0.1, -0.05) is 50.7 Å². The number of aromatic nitrogens is 2. The van der Waals surface area contributed by atoms with Crippen molar-refractivity contribution in [2.45, 2.75) is 52.7 Å². The van der Waals surface area contributed by atoms with E-state index in [0.717, 1.165) is 35.1 Å². The van der Waals surface area contributed by atoms with Crippen molar-refractivity contribution >= 4 is 23.4 Å². The summed E-state index contributed by atoms with van der Waals surface area (Å²) < 4.78 is 2.22. The van der Waals surface area contributed by atoms with E-state index >= 15 is 0 Å². The zero-order chi connectivity index (χ0) is 17.7. The summed E-state index contributed by atoms with van der Waals surface area (Å²) in [4.78, 5) is 16.9. The molecule has 0 aliphatic carbocycles. The van der Waals surface area contributed by atoms with Crippen molar-refractivity contribution in [1.82, 2.24) is 9.55 Å². The van der Waals surface area contributed by atoms with Crippen molar-refractivity contribution in [3.8, 4) is 0 Å². The Balaban J connectivity index is 2.03. The van der Waals surface area contributed by atoms with Gasteiger partial charge in [-0.25, -0.2) is 4.98 Å². The number of benzene rings is 1. The molecule has 0 fully saturated rings. The standard InChI is InChI=1S/C19H27N3OS/c1-6-16-9-7-8-10-17(16)21-18(23)12-24-19-20-14(4)15(5)22(19)11-13(2)3/h7-10,13H,6,11-12H2,1-5H3,(H,21,23). The molecule has 1 amide bonds. The van der Waals surface area contributed by atoms with Gasteiger partial charge >= 0.3 is 0 Å². The van der Waals surface area contributed by atoms with E-state index in [4.69, 9.17) is 0 Å². The fraction of sp³-hybridized carbons (Fsp3) is 0.474. The van der Waals surface area contributed by atoms with Crippen molar-refractivity contribution in [3.63, 3.8) is 0 Å². The third kappa shape index (κ3) is 4.63. The number of amides is 1. The van der Waals surface area contributed by atoms with Gasteiger partial charge in [-0.15, -0.1) is 0 Å². The minimum atomic E-state index is 0.00954. The second-order valence-electron chi connectivity index (χ2n) is 6.42. The Kier molecular flexibility index (Phi) is 6.49. The van der Waals surface area contributed by atoms with Crippen molar-refractivity contribution < 1.29 is 4.79 Å². The van der Waals surface area contributed by atoms with Crippen LogP contribution in [0.4, 0.5) is 5.69 Å². The Hall–Kier alpha value is -1.75. The normalized spacial score (nSPS) is 11.1. The minimum Gasteiger partial charge on any atom is -0.325 e. The average molecular weight is 346 g/mol. The van der Waals surface area contributed by atoms with E-state index in [2.05, 4.69) is 42.6 Å². The molecular formula is C19H27N3OS. The van der Waals surface area contributed by atoms with Crippen molar-refractivity contribution in [2.75, 3.05) is 11.1 Å². The van der Waals surface area contributed by atoms with Crippen LogP contribution in [0.2, 0.25) is 0 Å². The summed E-state index contributed by atoms with van der Waals surface area (Å²) in [5.74, 6) is 0.920. The molecule has 2 rings (SSSR count). The number of carbonyl (C=O) groups excluding carboxylic acids is 1. The number of hydrogen-bond donors (Lipinski definition) is 1. The lowest BCUT2D eigenvalue weighted by Gasteiger charge is -2.13. The van der Waals surface area contributed by atoms with E-state index in [0.29, 0.717) is 11.7 Å². The largest absolute Gasteiger partial charge is 0.325 e. The molecule has 24 heavy (non-hydrogen) atoms. The molecule has 0 radical (unpaired) electrons. The van der Waals surface area contributed by atoms with Crippen LogP contribution in [-0.4, -0.2) is 21.2 Å². The quantitative estimate of drug-likeness (QED) is 0.754. The third-order valence-electron chi connectivity index (χ3n) is 3.98. The number of imidazole rings is 1. The molecule has 0 saturated carbocycles. The predicted octanol–water partition coefficient (Wildman–Crippen LogP) is 4.45. The van der Waals surface area contributed by atoms with Gasteiger partial charge in [0, 0.05) is 17.9 Å². The number of rotatable bonds is 7. The Morgan fingerprint density at radius 1 is 1.29 bits per heavy atom. The molecule has 1 aromatic heterocycles. The molecule has 0 atom stereocenters. The van der Waals surface area contributed by atoms with Gasteiger partial charge in [0.15, 0.2) is 5.16 Å². The lowest BCUT2D eigenvalue weighted by molar-refractivity contribution is -0.113. The Morgan fingerprint density at radius 3 is 2.67 bits per heavy atom. The Labute approximate surface area is 149 Å². The maximum absolute atomic E-state index is 12.3. The molecule has 130 valence electrons. The Morgan fingerprint density at radius 2 is 2.00 bits per heavy atom. The summed E-state index contributed by atoms with van der Waals surface area (Å²) in [6, 6.07) is 7.95. The molecule has 0 spiro atoms. The van der Waals surface area contributed by atoms with Gasteiger partial charge < -0.3 is 9.88 Å². The molecule has 0 bridgehead atoms. The van der Waals surface area contributed by atoms with Gasteiger partial charge in [0.25, 0.3) is 0 Å². The first kappa shape index (κ1) is 18.6. The summed E-state index contributed by atoms with van der Waals surface area (Å²) >= 11 is 1.50. The molecule has 4 nitrogen and oxygen atoms in total. The van der Waals surface area contributed by atoms with Gasteiger partial charge in [0.1, 0.15) is 0 Å². The van der Waals surface area contributed by atoms with Crippen LogP contribution in [0.25, 0.3) is 0 Å². The molecule has 1 heterocycles. The number of nitrogens with zero attached hydrogens (tertiary/aromatic N) is 2. The molecular weight excluding hydrogens is 318 g/mol. The van der Waals surface area contributed by atoms with E-state index in [1.807, 2.05) is 31.2 Å². The van der Waals surface area contributed by atoms with E-state index in [9.17, 15) is 4.79 Å². The molecule has 1 N–H and O–H groups in total. The maximum atomic E-state index is 12.3. The summed E-state index contributed by atoms with van der Waals surface area (Å²) in [7, 11) is 0. The van der Waals surface area contributed by atoms with Crippen molar-refractivity contribution in [3.05, 3.63) is 41.2 Å². The highest BCUT2D eigenvalue weighted by molar-refractivity contribution is 7.99. The zero-order valence-electron chi connectivity index (χ0n) is 15.2. The summed E-state index contributed by atoms with van der Waals surface area (Å²) in [5, 5.41) is 3.94. The highest BCUT2D eigenvalue weighted by Crippen LogP contribution is 2.23. The molecule has 2 aromatic rings. The highest BCUT2D eigenvalue weighted by atomic mass is 32.2. The smallest absolute Gasteiger partial charge is 0.234 e. The van der Waals surface area contributed by atoms with Crippen LogP contribution >= 0.6 is 11.8 Å². The summed E-state index contributed by atoms with van der Waals surface area (Å²) in [5.41, 5.74) is 4.28. The molecule has 0 aliphatic rings. The molecule has 5 heteroatoms. The third-order valence-corrected chi connectivity index (χ3v) is 4.95. The van der Waals surface area contributed by atoms with Gasteiger partial charge in [-0.3, -0.25) is 4.79 Å². The minimum absolute atomic E-state index is 0.00954.